The smallest absolute Gasteiger partial charge is 0.190 e. The van der Waals surface area contributed by atoms with Crippen molar-refractivity contribution in [2.45, 2.75) is 6.92 Å². The summed E-state index contributed by atoms with van der Waals surface area (Å²) in [7, 11) is 1.78. The van der Waals surface area contributed by atoms with E-state index in [1.54, 1.807) is 20.2 Å². The van der Waals surface area contributed by atoms with Crippen molar-refractivity contribution < 1.29 is 4.79 Å². The third kappa shape index (κ3) is 2.44. The molecule has 1 aromatic carbocycles. The van der Waals surface area contributed by atoms with Crippen molar-refractivity contribution in [1.82, 2.24) is 5.32 Å². The first-order valence-corrected chi connectivity index (χ1v) is 4.19. The molecule has 2 heteroatoms. The quantitative estimate of drug-likeness (QED) is 0.562. The molecule has 68 valence electrons. The fourth-order valence-corrected chi connectivity index (χ4v) is 1.10. The van der Waals surface area contributed by atoms with Crippen molar-refractivity contribution in [2.24, 2.45) is 0 Å². The van der Waals surface area contributed by atoms with Crippen LogP contribution in [0.5, 0.6) is 0 Å². The summed E-state index contributed by atoms with van der Waals surface area (Å²) in [6.45, 7) is 1.80. The number of rotatable bonds is 3. The van der Waals surface area contributed by atoms with Gasteiger partial charge in [0, 0.05) is 24.4 Å². The highest BCUT2D eigenvalue weighted by Crippen LogP contribution is 2.06. The topological polar surface area (TPSA) is 29.1 Å². The first-order chi connectivity index (χ1) is 6.25. The summed E-state index contributed by atoms with van der Waals surface area (Å²) in [5.74, 6) is 0.0648. The van der Waals surface area contributed by atoms with E-state index < -0.39 is 0 Å². The minimum atomic E-state index is 0.0648. The monoisotopic (exact) mass is 175 g/mol. The third-order valence-electron chi connectivity index (χ3n) is 1.75. The lowest BCUT2D eigenvalue weighted by Crippen LogP contribution is -2.04. The molecule has 0 spiro atoms. The Hall–Kier alpha value is -1.57. The van der Waals surface area contributed by atoms with Crippen LogP contribution < -0.4 is 5.32 Å². The highest BCUT2D eigenvalue weighted by atomic mass is 16.1. The number of carbonyl (C=O) groups is 1. The predicted molar refractivity (Wildman–Crippen MR) is 53.6 cm³/mol. The molecular weight excluding hydrogens is 162 g/mol. The molecule has 0 aromatic heterocycles. The van der Waals surface area contributed by atoms with Gasteiger partial charge in [-0.25, -0.2) is 0 Å². The van der Waals surface area contributed by atoms with E-state index in [1.165, 1.54) is 0 Å². The molecular formula is C11H13NO. The van der Waals surface area contributed by atoms with Gasteiger partial charge in [-0.15, -0.1) is 0 Å². The van der Waals surface area contributed by atoms with Crippen LogP contribution in [-0.2, 0) is 0 Å². The summed E-state index contributed by atoms with van der Waals surface area (Å²) in [5.41, 5.74) is 1.44. The van der Waals surface area contributed by atoms with Crippen molar-refractivity contribution in [3.8, 4) is 0 Å². The maximum absolute atomic E-state index is 11.6. The Bertz CT molecular complexity index is 314. The molecule has 1 rings (SSSR count). The number of benzene rings is 1. The zero-order valence-corrected chi connectivity index (χ0v) is 7.87. The Labute approximate surface area is 78.3 Å². The van der Waals surface area contributed by atoms with Gasteiger partial charge in [-0.3, -0.25) is 4.79 Å². The Morgan fingerprint density at radius 2 is 1.92 bits per heavy atom. The normalized spacial score (nSPS) is 11.1. The molecule has 0 fully saturated rings. The molecule has 0 heterocycles. The number of ketones is 1. The summed E-state index contributed by atoms with van der Waals surface area (Å²) < 4.78 is 0. The SMILES string of the molecule is CN/C=C(/C)C(=O)c1ccccc1. The molecule has 0 atom stereocenters. The second kappa shape index (κ2) is 4.45. The van der Waals surface area contributed by atoms with Gasteiger partial charge in [-0.2, -0.15) is 0 Å². The molecule has 1 N–H and O–H groups in total. The molecule has 13 heavy (non-hydrogen) atoms. The Morgan fingerprint density at radius 3 is 2.46 bits per heavy atom. The van der Waals surface area contributed by atoms with Gasteiger partial charge in [-0.1, -0.05) is 30.3 Å². The molecule has 1 aromatic rings. The van der Waals surface area contributed by atoms with Crippen molar-refractivity contribution in [2.75, 3.05) is 7.05 Å². The van der Waals surface area contributed by atoms with Gasteiger partial charge in [0.1, 0.15) is 0 Å². The minimum absolute atomic E-state index is 0.0648. The minimum Gasteiger partial charge on any atom is -0.394 e. The number of carbonyl (C=O) groups excluding carboxylic acids is 1. The lowest BCUT2D eigenvalue weighted by atomic mass is 10.1. The highest BCUT2D eigenvalue weighted by Gasteiger charge is 2.05. The second-order valence-electron chi connectivity index (χ2n) is 2.81. The van der Waals surface area contributed by atoms with Crippen LogP contribution in [0.25, 0.3) is 0 Å². The molecule has 0 saturated carbocycles. The van der Waals surface area contributed by atoms with E-state index in [1.807, 2.05) is 30.3 Å². The molecule has 0 unspecified atom stereocenters. The summed E-state index contributed by atoms with van der Waals surface area (Å²) in [6.07, 6.45) is 1.70. The number of nitrogens with one attached hydrogen (secondary N) is 1. The van der Waals surface area contributed by atoms with Crippen molar-refractivity contribution in [3.63, 3.8) is 0 Å². The van der Waals surface area contributed by atoms with Crippen LogP contribution in [0.15, 0.2) is 42.1 Å². The number of hydrogen-bond acceptors (Lipinski definition) is 2. The maximum Gasteiger partial charge on any atom is 0.190 e. The number of allylic oxidation sites excluding steroid dienone is 1. The predicted octanol–water partition coefficient (Wildman–Crippen LogP) is 1.99. The van der Waals surface area contributed by atoms with Crippen LogP contribution in [0.2, 0.25) is 0 Å². The molecule has 0 aliphatic carbocycles. The molecule has 2 nitrogen and oxygen atoms in total. The van der Waals surface area contributed by atoms with Crippen molar-refractivity contribution in [3.05, 3.63) is 47.7 Å². The lowest BCUT2D eigenvalue weighted by Gasteiger charge is -1.99. The Kier molecular flexibility index (Phi) is 3.26. The molecule has 0 aliphatic rings. The Morgan fingerprint density at radius 1 is 1.31 bits per heavy atom. The lowest BCUT2D eigenvalue weighted by molar-refractivity contribution is 0.103. The van der Waals surface area contributed by atoms with E-state index in [0.29, 0.717) is 5.57 Å². The zero-order chi connectivity index (χ0) is 9.68. The van der Waals surface area contributed by atoms with Crippen molar-refractivity contribution >= 4 is 5.78 Å². The van der Waals surface area contributed by atoms with Crippen LogP contribution in [-0.4, -0.2) is 12.8 Å². The zero-order valence-electron chi connectivity index (χ0n) is 7.87. The van der Waals surface area contributed by atoms with E-state index in [-0.39, 0.29) is 5.78 Å². The average Bonchev–Trinajstić information content (AvgIpc) is 2.18. The van der Waals surface area contributed by atoms with Gasteiger partial charge in [0.25, 0.3) is 0 Å². The number of hydrogen-bond donors (Lipinski definition) is 1. The first-order valence-electron chi connectivity index (χ1n) is 4.19. The van der Waals surface area contributed by atoms with Gasteiger partial charge in [0.05, 0.1) is 0 Å². The van der Waals surface area contributed by atoms with Gasteiger partial charge >= 0.3 is 0 Å². The molecule has 0 saturated heterocycles. The van der Waals surface area contributed by atoms with Crippen LogP contribution in [0.3, 0.4) is 0 Å². The van der Waals surface area contributed by atoms with E-state index in [9.17, 15) is 4.79 Å². The number of Topliss-reactive ketones (excluding diaryl/α,β-unsaturated/α-hetero) is 1. The first kappa shape index (κ1) is 9.52. The Balaban J connectivity index is 2.86. The molecule has 0 amide bonds. The summed E-state index contributed by atoms with van der Waals surface area (Å²) in [5, 5.41) is 2.84. The van der Waals surface area contributed by atoms with E-state index >= 15 is 0 Å². The molecule has 0 radical (unpaired) electrons. The summed E-state index contributed by atoms with van der Waals surface area (Å²) in [4.78, 5) is 11.6. The fraction of sp³-hybridized carbons (Fsp3) is 0.182. The van der Waals surface area contributed by atoms with Crippen LogP contribution in [0, 0.1) is 0 Å². The van der Waals surface area contributed by atoms with Crippen LogP contribution in [0.4, 0.5) is 0 Å². The van der Waals surface area contributed by atoms with Crippen LogP contribution >= 0.6 is 0 Å². The summed E-state index contributed by atoms with van der Waals surface area (Å²) >= 11 is 0. The second-order valence-corrected chi connectivity index (χ2v) is 2.81. The average molecular weight is 175 g/mol. The third-order valence-corrected chi connectivity index (χ3v) is 1.75. The summed E-state index contributed by atoms with van der Waals surface area (Å²) in [6, 6.07) is 9.25. The van der Waals surface area contributed by atoms with Gasteiger partial charge in [-0.05, 0) is 6.92 Å². The van der Waals surface area contributed by atoms with Gasteiger partial charge in [0.2, 0.25) is 0 Å². The van der Waals surface area contributed by atoms with Gasteiger partial charge in [0.15, 0.2) is 5.78 Å². The van der Waals surface area contributed by atoms with E-state index in [0.717, 1.165) is 5.56 Å². The fourth-order valence-electron chi connectivity index (χ4n) is 1.10. The van der Waals surface area contributed by atoms with E-state index in [2.05, 4.69) is 5.32 Å². The van der Waals surface area contributed by atoms with Crippen molar-refractivity contribution in [1.29, 1.82) is 0 Å². The van der Waals surface area contributed by atoms with E-state index in [4.69, 9.17) is 0 Å². The largest absolute Gasteiger partial charge is 0.394 e. The maximum atomic E-state index is 11.6. The molecule has 0 bridgehead atoms. The standard InChI is InChI=1S/C11H13NO/c1-9(8-12-2)11(13)10-6-4-3-5-7-10/h3-8,12H,1-2H3/b9-8-. The highest BCUT2D eigenvalue weighted by molar-refractivity contribution is 6.08. The van der Waals surface area contributed by atoms with Gasteiger partial charge < -0.3 is 5.32 Å². The molecule has 0 aliphatic heterocycles. The van der Waals surface area contributed by atoms with Crippen LogP contribution in [0.1, 0.15) is 17.3 Å².